The van der Waals surface area contributed by atoms with Crippen LogP contribution >= 0.6 is 0 Å². The summed E-state index contributed by atoms with van der Waals surface area (Å²) < 4.78 is 10.9. The van der Waals surface area contributed by atoms with Crippen LogP contribution in [0.3, 0.4) is 0 Å². The molecule has 0 aliphatic carbocycles. The Hall–Kier alpha value is -1.22. The quantitative estimate of drug-likeness (QED) is 0.738. The molecule has 1 aromatic carbocycles. The Balaban J connectivity index is 2.43. The van der Waals surface area contributed by atoms with Gasteiger partial charge in [0.05, 0.1) is 7.11 Å². The van der Waals surface area contributed by atoms with Gasteiger partial charge in [0.25, 0.3) is 0 Å². The average molecular weight is 193 g/mol. The fourth-order valence-electron chi connectivity index (χ4n) is 1.70. The van der Waals surface area contributed by atoms with Crippen molar-refractivity contribution in [3.63, 3.8) is 0 Å². The van der Waals surface area contributed by atoms with E-state index in [-0.39, 0.29) is 0 Å². The van der Waals surface area contributed by atoms with Gasteiger partial charge in [0, 0.05) is 6.42 Å². The van der Waals surface area contributed by atoms with Gasteiger partial charge in [0.2, 0.25) is 0 Å². The van der Waals surface area contributed by atoms with E-state index in [1.165, 1.54) is 5.56 Å². The molecular weight excluding hydrogens is 178 g/mol. The Labute approximate surface area is 83.8 Å². The van der Waals surface area contributed by atoms with Crippen molar-refractivity contribution in [3.8, 4) is 11.5 Å². The summed E-state index contributed by atoms with van der Waals surface area (Å²) >= 11 is 0. The van der Waals surface area contributed by atoms with Crippen molar-refractivity contribution in [2.45, 2.75) is 25.5 Å². The highest BCUT2D eigenvalue weighted by atomic mass is 16.5. The predicted molar refractivity (Wildman–Crippen MR) is 54.5 cm³/mol. The number of methoxy groups -OCH3 is 1. The highest BCUT2D eigenvalue weighted by Crippen LogP contribution is 2.38. The highest BCUT2D eigenvalue weighted by Gasteiger charge is 2.28. The van der Waals surface area contributed by atoms with E-state index in [1.54, 1.807) is 7.11 Å². The van der Waals surface area contributed by atoms with Crippen molar-refractivity contribution in [1.82, 2.24) is 0 Å². The molecule has 0 fully saturated rings. The summed E-state index contributed by atoms with van der Waals surface area (Å²) in [6, 6.07) is 5.91. The molecule has 0 saturated heterocycles. The van der Waals surface area contributed by atoms with Gasteiger partial charge in [-0.2, -0.15) is 0 Å². The van der Waals surface area contributed by atoms with Crippen molar-refractivity contribution >= 4 is 0 Å². The Kier molecular flexibility index (Phi) is 2.11. The van der Waals surface area contributed by atoms with Crippen molar-refractivity contribution in [2.75, 3.05) is 7.11 Å². The lowest BCUT2D eigenvalue weighted by atomic mass is 9.99. The maximum atomic E-state index is 5.94. The number of benzene rings is 1. The first-order valence-corrected chi connectivity index (χ1v) is 4.76. The Bertz CT molecular complexity index is 333. The molecule has 0 spiro atoms. The third kappa shape index (κ3) is 1.55. The summed E-state index contributed by atoms with van der Waals surface area (Å²) in [5.41, 5.74) is 6.54. The first-order valence-electron chi connectivity index (χ1n) is 4.76. The maximum absolute atomic E-state index is 5.94. The molecule has 2 rings (SSSR count). The highest BCUT2D eigenvalue weighted by molar-refractivity contribution is 5.48. The summed E-state index contributed by atoms with van der Waals surface area (Å²) in [5, 5.41) is 0. The lowest BCUT2D eigenvalue weighted by Crippen LogP contribution is -2.45. The lowest BCUT2D eigenvalue weighted by Gasteiger charge is -2.32. The molecule has 76 valence electrons. The maximum Gasteiger partial charge on any atom is 0.167 e. The normalized spacial score (nSPS) is 25.1. The van der Waals surface area contributed by atoms with Crippen LogP contribution < -0.4 is 15.2 Å². The standard InChI is InChI=1S/C11H15NO2/c1-11(12)7-6-8-4-3-5-9(13-2)10(8)14-11/h3-5H,6-7,12H2,1-2H3. The van der Waals surface area contributed by atoms with Crippen LogP contribution in [-0.4, -0.2) is 12.8 Å². The molecule has 1 unspecified atom stereocenters. The largest absolute Gasteiger partial charge is 0.493 e. The second kappa shape index (κ2) is 3.17. The topological polar surface area (TPSA) is 44.5 Å². The number of hydrogen-bond donors (Lipinski definition) is 1. The van der Waals surface area contributed by atoms with Gasteiger partial charge in [0.1, 0.15) is 0 Å². The molecule has 2 N–H and O–H groups in total. The zero-order chi connectivity index (χ0) is 10.2. The fraction of sp³-hybridized carbons (Fsp3) is 0.455. The van der Waals surface area contributed by atoms with E-state index < -0.39 is 5.72 Å². The molecular formula is C11H15NO2. The van der Waals surface area contributed by atoms with E-state index in [9.17, 15) is 0 Å². The molecule has 1 heterocycles. The third-order valence-corrected chi connectivity index (χ3v) is 2.51. The van der Waals surface area contributed by atoms with E-state index in [2.05, 4.69) is 0 Å². The first kappa shape index (κ1) is 9.34. The van der Waals surface area contributed by atoms with Crippen LogP contribution in [0.2, 0.25) is 0 Å². The summed E-state index contributed by atoms with van der Waals surface area (Å²) in [7, 11) is 1.64. The smallest absolute Gasteiger partial charge is 0.167 e. The third-order valence-electron chi connectivity index (χ3n) is 2.51. The Morgan fingerprint density at radius 1 is 1.50 bits per heavy atom. The van der Waals surface area contributed by atoms with Gasteiger partial charge < -0.3 is 9.47 Å². The summed E-state index contributed by atoms with van der Waals surface area (Å²) in [4.78, 5) is 0. The van der Waals surface area contributed by atoms with Crippen LogP contribution in [0.4, 0.5) is 0 Å². The van der Waals surface area contributed by atoms with E-state index in [4.69, 9.17) is 15.2 Å². The van der Waals surface area contributed by atoms with Crippen LogP contribution in [-0.2, 0) is 6.42 Å². The molecule has 0 bridgehead atoms. The van der Waals surface area contributed by atoms with Gasteiger partial charge in [-0.25, -0.2) is 0 Å². The molecule has 1 aliphatic rings. The lowest BCUT2D eigenvalue weighted by molar-refractivity contribution is 0.0681. The Morgan fingerprint density at radius 3 is 3.00 bits per heavy atom. The zero-order valence-electron chi connectivity index (χ0n) is 8.54. The minimum atomic E-state index is -0.568. The fourth-order valence-corrected chi connectivity index (χ4v) is 1.70. The van der Waals surface area contributed by atoms with Gasteiger partial charge in [-0.15, -0.1) is 0 Å². The molecule has 14 heavy (non-hydrogen) atoms. The number of rotatable bonds is 1. The summed E-state index contributed by atoms with van der Waals surface area (Å²) in [6.45, 7) is 1.89. The molecule has 0 aromatic heterocycles. The van der Waals surface area contributed by atoms with Gasteiger partial charge in [-0.05, 0) is 25.0 Å². The SMILES string of the molecule is COc1cccc2c1OC(C)(N)CC2. The van der Waals surface area contributed by atoms with Crippen LogP contribution in [0.15, 0.2) is 18.2 Å². The average Bonchev–Trinajstić information content (AvgIpc) is 2.15. The van der Waals surface area contributed by atoms with Crippen LogP contribution in [0.25, 0.3) is 0 Å². The van der Waals surface area contributed by atoms with E-state index in [1.807, 2.05) is 25.1 Å². The first-order chi connectivity index (χ1) is 6.62. The number of hydrogen-bond acceptors (Lipinski definition) is 3. The second-order valence-corrected chi connectivity index (χ2v) is 3.86. The number of nitrogens with two attached hydrogens (primary N) is 1. The van der Waals surface area contributed by atoms with Crippen LogP contribution in [0, 0.1) is 0 Å². The number of ether oxygens (including phenoxy) is 2. The monoisotopic (exact) mass is 193 g/mol. The molecule has 0 radical (unpaired) electrons. The van der Waals surface area contributed by atoms with Crippen LogP contribution in [0.1, 0.15) is 18.9 Å². The van der Waals surface area contributed by atoms with Crippen molar-refractivity contribution < 1.29 is 9.47 Å². The molecule has 1 atom stereocenters. The summed E-state index contributed by atoms with van der Waals surface area (Å²) in [6.07, 6.45) is 1.78. The molecule has 1 aromatic rings. The minimum Gasteiger partial charge on any atom is -0.493 e. The van der Waals surface area contributed by atoms with Crippen LogP contribution in [0.5, 0.6) is 11.5 Å². The Morgan fingerprint density at radius 2 is 2.29 bits per heavy atom. The van der Waals surface area contributed by atoms with Gasteiger partial charge >= 0.3 is 0 Å². The van der Waals surface area contributed by atoms with Gasteiger partial charge in [0.15, 0.2) is 17.2 Å². The minimum absolute atomic E-state index is 0.568. The van der Waals surface area contributed by atoms with E-state index in [0.29, 0.717) is 0 Å². The van der Waals surface area contributed by atoms with Gasteiger partial charge in [-0.1, -0.05) is 12.1 Å². The molecule has 0 amide bonds. The van der Waals surface area contributed by atoms with E-state index in [0.717, 1.165) is 24.3 Å². The second-order valence-electron chi connectivity index (χ2n) is 3.86. The molecule has 3 nitrogen and oxygen atoms in total. The zero-order valence-corrected chi connectivity index (χ0v) is 8.54. The number of aryl methyl sites for hydroxylation is 1. The van der Waals surface area contributed by atoms with Gasteiger partial charge in [-0.3, -0.25) is 5.73 Å². The molecule has 3 heteroatoms. The molecule has 0 saturated carbocycles. The van der Waals surface area contributed by atoms with Crippen molar-refractivity contribution in [2.24, 2.45) is 5.73 Å². The number of fused-ring (bicyclic) bond motifs is 1. The summed E-state index contributed by atoms with van der Waals surface area (Å²) in [5.74, 6) is 1.56. The van der Waals surface area contributed by atoms with E-state index >= 15 is 0 Å². The van der Waals surface area contributed by atoms with Crippen molar-refractivity contribution in [3.05, 3.63) is 23.8 Å². The number of para-hydroxylation sites is 1. The van der Waals surface area contributed by atoms with Crippen molar-refractivity contribution in [1.29, 1.82) is 0 Å². The molecule has 1 aliphatic heterocycles. The predicted octanol–water partition coefficient (Wildman–Crippen LogP) is 1.70.